The molecule has 96 valence electrons. The molecule has 16 heavy (non-hydrogen) atoms. The van der Waals surface area contributed by atoms with Crippen molar-refractivity contribution in [3.63, 3.8) is 0 Å². The molecule has 0 aromatic heterocycles. The summed E-state index contributed by atoms with van der Waals surface area (Å²) in [6.07, 6.45) is -0.110. The Morgan fingerprint density at radius 1 is 1.50 bits per heavy atom. The Hall–Kier alpha value is -0.200. The van der Waals surface area contributed by atoms with Gasteiger partial charge in [-0.25, -0.2) is 0 Å². The van der Waals surface area contributed by atoms with Crippen molar-refractivity contribution in [1.82, 2.24) is 0 Å². The number of hydrogen-bond acceptors (Lipinski definition) is 5. The quantitative estimate of drug-likeness (QED) is 0.614. The van der Waals surface area contributed by atoms with E-state index in [1.165, 1.54) is 6.92 Å². The van der Waals surface area contributed by atoms with Gasteiger partial charge >= 0.3 is 0 Å². The van der Waals surface area contributed by atoms with Crippen LogP contribution in [-0.4, -0.2) is 48.0 Å². The third kappa shape index (κ3) is 4.35. The Bertz CT molecular complexity index is 198. The van der Waals surface area contributed by atoms with Gasteiger partial charge < -0.3 is 25.4 Å². The number of rotatable bonds is 5. The second kappa shape index (κ2) is 6.51. The normalized spacial score (nSPS) is 32.1. The zero-order valence-electron chi connectivity index (χ0n) is 10.0. The summed E-state index contributed by atoms with van der Waals surface area (Å²) in [7, 11) is 0. The monoisotopic (exact) mass is 233 g/mol. The van der Waals surface area contributed by atoms with E-state index in [0.29, 0.717) is 12.5 Å². The van der Waals surface area contributed by atoms with Gasteiger partial charge in [-0.15, -0.1) is 0 Å². The van der Waals surface area contributed by atoms with Crippen molar-refractivity contribution in [2.24, 2.45) is 11.7 Å². The molecule has 0 bridgehead atoms. The van der Waals surface area contributed by atoms with Crippen molar-refractivity contribution < 1.29 is 19.7 Å². The first-order valence-corrected chi connectivity index (χ1v) is 5.85. The van der Waals surface area contributed by atoms with Gasteiger partial charge in [-0.05, 0) is 19.3 Å². The Labute approximate surface area is 96.5 Å². The largest absolute Gasteiger partial charge is 0.391 e. The standard InChI is InChI=1S/C11H23NO4/c1-7-3-4-15-10(5-7)16-6-9(12)11(14)8(2)13/h7-11,13-14H,3-6,12H2,1-2H3. The highest BCUT2D eigenvalue weighted by atomic mass is 16.7. The maximum absolute atomic E-state index is 9.48. The first-order valence-electron chi connectivity index (χ1n) is 5.85. The van der Waals surface area contributed by atoms with Crippen molar-refractivity contribution in [1.29, 1.82) is 0 Å². The third-order valence-electron chi connectivity index (χ3n) is 2.92. The van der Waals surface area contributed by atoms with Gasteiger partial charge in [-0.1, -0.05) is 6.92 Å². The minimum absolute atomic E-state index is 0.198. The van der Waals surface area contributed by atoms with Gasteiger partial charge in [0.1, 0.15) is 0 Å². The molecular formula is C11H23NO4. The van der Waals surface area contributed by atoms with E-state index >= 15 is 0 Å². The summed E-state index contributed by atoms with van der Waals surface area (Å²) in [4.78, 5) is 0. The molecule has 5 atom stereocenters. The van der Waals surface area contributed by atoms with Gasteiger partial charge in [0, 0.05) is 13.0 Å². The van der Waals surface area contributed by atoms with Crippen LogP contribution in [0.2, 0.25) is 0 Å². The molecule has 0 spiro atoms. The summed E-state index contributed by atoms with van der Waals surface area (Å²) in [5.74, 6) is 0.594. The molecule has 0 saturated carbocycles. The van der Waals surface area contributed by atoms with Gasteiger partial charge in [-0.3, -0.25) is 0 Å². The van der Waals surface area contributed by atoms with Crippen LogP contribution < -0.4 is 5.73 Å². The predicted molar refractivity (Wildman–Crippen MR) is 59.8 cm³/mol. The van der Waals surface area contributed by atoms with Crippen LogP contribution in [0.5, 0.6) is 0 Å². The van der Waals surface area contributed by atoms with Crippen LogP contribution in [-0.2, 0) is 9.47 Å². The first kappa shape index (κ1) is 13.9. The van der Waals surface area contributed by atoms with E-state index in [1.807, 2.05) is 0 Å². The molecule has 1 aliphatic heterocycles. The SMILES string of the molecule is CC1CCOC(OCC(N)C(O)C(C)O)C1. The lowest BCUT2D eigenvalue weighted by Crippen LogP contribution is -2.46. The Morgan fingerprint density at radius 3 is 2.75 bits per heavy atom. The van der Waals surface area contributed by atoms with Crippen LogP contribution in [0.1, 0.15) is 26.7 Å². The zero-order chi connectivity index (χ0) is 12.1. The molecule has 1 rings (SSSR count). The van der Waals surface area contributed by atoms with Gasteiger partial charge in [0.2, 0.25) is 0 Å². The van der Waals surface area contributed by atoms with Crippen molar-refractivity contribution in [2.75, 3.05) is 13.2 Å². The lowest BCUT2D eigenvalue weighted by molar-refractivity contribution is -0.179. The van der Waals surface area contributed by atoms with E-state index in [4.69, 9.17) is 20.3 Å². The van der Waals surface area contributed by atoms with Gasteiger partial charge in [0.25, 0.3) is 0 Å². The summed E-state index contributed by atoms with van der Waals surface area (Å²) in [5, 5.41) is 18.6. The molecule has 0 radical (unpaired) electrons. The van der Waals surface area contributed by atoms with Crippen LogP contribution in [0.15, 0.2) is 0 Å². The number of ether oxygens (including phenoxy) is 2. The summed E-state index contributed by atoms with van der Waals surface area (Å²) in [5.41, 5.74) is 5.68. The molecule has 1 fully saturated rings. The first-order chi connectivity index (χ1) is 7.50. The topological polar surface area (TPSA) is 84.9 Å². The maximum atomic E-state index is 9.48. The highest BCUT2D eigenvalue weighted by Gasteiger charge is 2.24. The van der Waals surface area contributed by atoms with Gasteiger partial charge in [-0.2, -0.15) is 0 Å². The van der Waals surface area contributed by atoms with E-state index in [0.717, 1.165) is 12.8 Å². The second-order valence-corrected chi connectivity index (χ2v) is 4.66. The summed E-state index contributed by atoms with van der Waals surface area (Å²) in [6, 6.07) is -0.583. The fourth-order valence-corrected chi connectivity index (χ4v) is 1.71. The minimum Gasteiger partial charge on any atom is -0.391 e. The van der Waals surface area contributed by atoms with Crippen LogP contribution >= 0.6 is 0 Å². The van der Waals surface area contributed by atoms with Crippen LogP contribution in [0, 0.1) is 5.92 Å². The smallest absolute Gasteiger partial charge is 0.157 e. The van der Waals surface area contributed by atoms with E-state index in [-0.39, 0.29) is 12.9 Å². The highest BCUT2D eigenvalue weighted by molar-refractivity contribution is 4.76. The maximum Gasteiger partial charge on any atom is 0.157 e. The molecule has 1 saturated heterocycles. The summed E-state index contributed by atoms with van der Waals surface area (Å²) >= 11 is 0. The van der Waals surface area contributed by atoms with Gasteiger partial charge in [0.05, 0.1) is 24.9 Å². The lowest BCUT2D eigenvalue weighted by atomic mass is 10.0. The van der Waals surface area contributed by atoms with Crippen LogP contribution in [0.4, 0.5) is 0 Å². The minimum atomic E-state index is -0.957. The summed E-state index contributed by atoms with van der Waals surface area (Å²) in [6.45, 7) is 4.57. The molecule has 5 unspecified atom stereocenters. The van der Waals surface area contributed by atoms with Crippen molar-refractivity contribution in [3.8, 4) is 0 Å². The lowest BCUT2D eigenvalue weighted by Gasteiger charge is -2.29. The number of aliphatic hydroxyl groups is 2. The highest BCUT2D eigenvalue weighted by Crippen LogP contribution is 2.20. The average molecular weight is 233 g/mol. The Kier molecular flexibility index (Phi) is 5.64. The fraction of sp³-hybridized carbons (Fsp3) is 1.00. The molecule has 4 N–H and O–H groups in total. The third-order valence-corrected chi connectivity index (χ3v) is 2.92. The molecule has 1 aliphatic rings. The molecule has 5 nitrogen and oxygen atoms in total. The van der Waals surface area contributed by atoms with Crippen LogP contribution in [0.25, 0.3) is 0 Å². The van der Waals surface area contributed by atoms with E-state index in [9.17, 15) is 5.11 Å². The van der Waals surface area contributed by atoms with E-state index < -0.39 is 18.2 Å². The molecule has 0 aromatic carbocycles. The van der Waals surface area contributed by atoms with Crippen molar-refractivity contribution >= 4 is 0 Å². The molecule has 0 aliphatic carbocycles. The van der Waals surface area contributed by atoms with Crippen molar-refractivity contribution in [3.05, 3.63) is 0 Å². The van der Waals surface area contributed by atoms with E-state index in [1.54, 1.807) is 0 Å². The van der Waals surface area contributed by atoms with Crippen molar-refractivity contribution in [2.45, 2.75) is 51.2 Å². The summed E-state index contributed by atoms with van der Waals surface area (Å²) < 4.78 is 10.9. The number of hydrogen-bond donors (Lipinski definition) is 3. The molecule has 0 aromatic rings. The molecular weight excluding hydrogens is 210 g/mol. The fourth-order valence-electron chi connectivity index (χ4n) is 1.71. The zero-order valence-corrected chi connectivity index (χ0v) is 10.0. The molecule has 0 amide bonds. The predicted octanol–water partition coefficient (Wildman–Crippen LogP) is -0.155. The Balaban J connectivity index is 2.23. The number of aliphatic hydroxyl groups excluding tert-OH is 2. The number of nitrogens with two attached hydrogens (primary N) is 1. The van der Waals surface area contributed by atoms with Crippen LogP contribution in [0.3, 0.4) is 0 Å². The average Bonchev–Trinajstić information content (AvgIpc) is 2.24. The Morgan fingerprint density at radius 2 is 2.19 bits per heavy atom. The van der Waals surface area contributed by atoms with Gasteiger partial charge in [0.15, 0.2) is 6.29 Å². The molecule has 1 heterocycles. The van der Waals surface area contributed by atoms with E-state index in [2.05, 4.69) is 6.92 Å². The molecule has 5 heteroatoms. The second-order valence-electron chi connectivity index (χ2n) is 4.66.